The van der Waals surface area contributed by atoms with Crippen LogP contribution in [0.25, 0.3) is 4.85 Å². The molecule has 5 atom stereocenters. The van der Waals surface area contributed by atoms with Gasteiger partial charge in [-0.1, -0.05) is 121 Å². The molecule has 143 heavy (non-hydrogen) atoms. The number of Topliss-reactive ketones (excluding diaryl/α,β-unsaturated/α-hetero) is 2. The minimum atomic E-state index is -3.00. The van der Waals surface area contributed by atoms with Gasteiger partial charge in [-0.05, 0) is 249 Å². The molecule has 6 aromatic heterocycles. The molecular formula is C107H149BBrClKMgN12NaO17S. The molecule has 766 valence electrons. The van der Waals surface area contributed by atoms with Crippen LogP contribution >= 0.6 is 27.3 Å². The number of methoxy groups -OCH3 is 1. The van der Waals surface area contributed by atoms with Crippen LogP contribution in [0.1, 0.15) is 350 Å². The molecule has 29 nitrogen and oxygen atoms in total. The molecule has 6 saturated heterocycles. The Balaban J connectivity index is 0.000000969. The number of carbonyl (C=O) groups is 6. The summed E-state index contributed by atoms with van der Waals surface area (Å²) in [5, 5.41) is 64.5. The number of esters is 1. The Bertz CT molecular complexity index is 6170. The number of ketones is 2. The number of halogens is 2. The van der Waals surface area contributed by atoms with Gasteiger partial charge < -0.3 is 84.7 Å². The van der Waals surface area contributed by atoms with E-state index in [1.165, 1.54) is 30.7 Å². The van der Waals surface area contributed by atoms with Gasteiger partial charge >= 0.3 is 122 Å². The van der Waals surface area contributed by atoms with Gasteiger partial charge in [0, 0.05) is 185 Å². The number of aryl methyl sites for hydroxylation is 1. The van der Waals surface area contributed by atoms with E-state index in [9.17, 15) is 50.0 Å². The molecule has 6 aliphatic carbocycles. The van der Waals surface area contributed by atoms with Crippen molar-refractivity contribution >= 4 is 94.0 Å². The zero-order valence-corrected chi connectivity index (χ0v) is 92.6. The topological polar surface area (TPSA) is 483 Å². The zero-order valence-electron chi connectivity index (χ0n) is 111. The molecule has 36 heteroatoms. The molecule has 12 fully saturated rings. The largest absolute Gasteiger partial charge is 2.00 e. The molecule has 6 aliphatic heterocycles. The molecule has 6 saturated carbocycles. The fraction of sp³-hybridized carbons (Fsp3) is 0.598. The Hall–Kier alpha value is -6.26. The molecule has 0 radical (unpaired) electrons. The Morgan fingerprint density at radius 2 is 0.916 bits per heavy atom. The number of aromatic nitrogens is 5. The van der Waals surface area contributed by atoms with Crippen LogP contribution in [0.15, 0.2) is 149 Å². The molecule has 0 aromatic carbocycles. The number of nitrogens with two attached hydrogens (primary N) is 1. The fourth-order valence-corrected chi connectivity index (χ4v) is 19.4. The van der Waals surface area contributed by atoms with E-state index in [1.54, 1.807) is 78.6 Å². The SMILES string of the molecule is Brc1ccccn1.CC(=O)CC#N.CC(=O)O.C[CH-]C.Cc1ccsc1CN.N.[2H]C1([2H])CC2(C/C(=C(/[N+]#[C-])C(=O)OC)CCO2)CC1([2H])[2H].[2H]C1([2H])CC2(CC(=O)CCO2)CC1([2H])[2H].[2H]C1([2H])CC2(CC(CC#N)(c3ccccn3)CCO2)CC1([2H])[2H].[2H]C1([2H])CC2(CC(c3ccccn3)(C(C#N)C(=O)O)CCO2)CC1([2H])[2H].[2H]C1([2H])CC2(CC1([2H])[2H])C[C@](CC#N)(c1ccccn1)CCO2.[2H]C1([2H])CC2(CC1([2H])[2H])C[C@](CC(=O)O)(c1ccccn1)CCO2.[2H][B-]([2H])([2H])[2H].[Cl-].[K+].[Mg+2].[Na+].[OH-]. The second-order valence-corrected chi connectivity index (χ2v) is 36.9. The van der Waals surface area contributed by atoms with Gasteiger partial charge in [-0.15, -0.1) is 11.3 Å². The Labute approximate surface area is 988 Å². The van der Waals surface area contributed by atoms with E-state index in [2.05, 4.69) is 80.9 Å². The summed E-state index contributed by atoms with van der Waals surface area (Å²) in [6.45, 7) is 18.1. The number of aliphatic carboxylic acids is 3. The number of carbonyl (C=O) groups excluding carboxylic acids is 3. The average Bonchev–Trinajstić information content (AvgIpc) is 1.58. The van der Waals surface area contributed by atoms with Gasteiger partial charge in [-0.2, -0.15) is 34.9 Å². The Morgan fingerprint density at radius 1 is 0.566 bits per heavy atom. The van der Waals surface area contributed by atoms with E-state index in [-0.39, 0.29) is 300 Å². The first-order chi connectivity index (χ1) is 76.2. The van der Waals surface area contributed by atoms with E-state index in [1.807, 2.05) is 80.9 Å². The molecule has 12 aliphatic rings. The summed E-state index contributed by atoms with van der Waals surface area (Å²) in [5.41, 5.74) is 1.29. The van der Waals surface area contributed by atoms with E-state index in [0.717, 1.165) is 22.9 Å². The van der Waals surface area contributed by atoms with E-state index in [4.69, 9.17) is 94.1 Å². The standard InChI is InChI=1S/C17H20N2O3.2C16H20N2O.C16H21NO3.C13H17NO3.C9H14O2.C6H9NS.C5H4BrN.C4H5NO.C3H7.C2H4O2.BH4.ClH.K.Mg.H3N.Na.H2O/c18-11-13(15(20)21)17(14-5-1-4-9-19-14)8-10-22-16(12-17)6-2-3-7-16;2*17-10-8-15(14-5-1-4-11-18-14)9-12-19-16(13-15)6-2-3-7-16;18-14(19)11-15(13-5-1-4-9-17-13)8-10-20-16(12-15)6-2-3-7-16;1-14-11(12(15)16-2)10-5-8-17-13(9-10)6-3-4-7-13;10-8-3-6-11-9(7-8)4-1-2-5-9;1-5-2-3-8-6(5)4-7;6-5-3-1-2-4-7-5;1-4(6)2-3-5;1-3-2;1-2(3)4;;;;;;;/h1,4-5,9,13H,2-3,6-8,10,12H2,(H,20,21);2*1,4-5,11H,2-3,6-9,12-13H2;1,4-5,9H,2-3,6-8,10-12H2,(H,18,19);3-9H2,2H3;1-7H2;2-3H,4,7H2,1H3;1-4H;2H2,1H3;3H,1-2H3;1H3,(H,3,4);1H4;1H;;;1H3;;1H2/q;;;;;;;;;-1;;-1;;+1;+2;;+1;/p-2/b;;;;11-10+;;;;;;;;;;;;;/t;15-;;15-;;;;;;;;;;;;;;/m.1.0............../s1/i4*2D2,3D2;3D2,4D2;1D2,2D2;;;;;;1D4;;;;;;. The average molecular weight is 2150 g/mol. The summed E-state index contributed by atoms with van der Waals surface area (Å²) in [6.07, 6.45) is -9.17. The number of thiophene rings is 1. The molecule has 6 aromatic rings. The van der Waals surface area contributed by atoms with Crippen LogP contribution < -0.4 is 105 Å². The maximum atomic E-state index is 11.8. The van der Waals surface area contributed by atoms with Crippen molar-refractivity contribution in [2.24, 2.45) is 11.7 Å². The van der Waals surface area contributed by atoms with E-state index in [0.29, 0.717) is 88.3 Å². The van der Waals surface area contributed by atoms with Gasteiger partial charge in [0.1, 0.15) is 16.2 Å². The molecule has 9 N–H and O–H groups in total. The van der Waals surface area contributed by atoms with Gasteiger partial charge in [0.05, 0.1) is 91.0 Å². The van der Waals surface area contributed by atoms with Crippen molar-refractivity contribution in [2.75, 3.05) is 46.8 Å². The van der Waals surface area contributed by atoms with Crippen molar-refractivity contribution in [3.63, 3.8) is 0 Å². The maximum absolute atomic E-state index is 11.8. The second kappa shape index (κ2) is 68.4. The third-order valence-electron chi connectivity index (χ3n) is 24.9. The normalized spacial score (nSPS) is 30.1. The van der Waals surface area contributed by atoms with Crippen molar-refractivity contribution < 1.29 is 209 Å². The minimum absolute atomic E-state index is 0. The van der Waals surface area contributed by atoms with Crippen LogP contribution in [0, 0.1) is 71.2 Å². The van der Waals surface area contributed by atoms with Crippen molar-refractivity contribution in [3.05, 3.63) is 200 Å². The molecule has 18 rings (SSSR count). The monoisotopic (exact) mass is 2150 g/mol. The van der Waals surface area contributed by atoms with Crippen molar-refractivity contribution in [1.29, 1.82) is 26.4 Å². The fourth-order valence-electron chi connectivity index (χ4n) is 18.4. The minimum Gasteiger partial charge on any atom is -1.00 e. The first-order valence-electron chi connectivity index (χ1n) is 59.4. The van der Waals surface area contributed by atoms with Gasteiger partial charge in [0.2, 0.25) is 0 Å². The molecule has 3 unspecified atom stereocenters. The number of rotatable bonds is 13. The molecule has 0 bridgehead atoms. The summed E-state index contributed by atoms with van der Waals surface area (Å²) in [4.78, 5) is 91.0. The number of carboxylic acid groups (broad SMARTS) is 3. The number of hydrogen-bond donors (Lipinski definition) is 5. The number of nitrogens with zero attached hydrogens (tertiary/aromatic N) is 10. The third kappa shape index (κ3) is 40.9. The number of nitriles is 4. The van der Waals surface area contributed by atoms with Crippen LogP contribution in [0.2, 0.25) is 0 Å². The number of ether oxygens (including phenoxy) is 7. The van der Waals surface area contributed by atoms with Crippen LogP contribution in [-0.2, 0) is 90.1 Å². The quantitative estimate of drug-likeness (QED) is 0.0236. The predicted octanol–water partition coefficient (Wildman–Crippen LogP) is 10.8. The van der Waals surface area contributed by atoms with Gasteiger partial charge in [0.15, 0.2) is 5.92 Å². The first kappa shape index (κ1) is 92.8. The summed E-state index contributed by atoms with van der Waals surface area (Å²) < 4.78 is 254. The third-order valence-corrected chi connectivity index (χ3v) is 26.4. The summed E-state index contributed by atoms with van der Waals surface area (Å²) in [6, 6.07) is 37.5. The van der Waals surface area contributed by atoms with Crippen molar-refractivity contribution in [3.8, 4) is 24.3 Å². The van der Waals surface area contributed by atoms with Crippen LogP contribution in [0.3, 0.4) is 0 Å². The van der Waals surface area contributed by atoms with E-state index < -0.39 is 170 Å². The smallest absolute Gasteiger partial charge is 1.00 e. The van der Waals surface area contributed by atoms with Crippen molar-refractivity contribution in [2.45, 2.75) is 353 Å². The van der Waals surface area contributed by atoms with Gasteiger partial charge in [-0.25, -0.2) is 15.2 Å². The number of carboxylic acids is 3. The van der Waals surface area contributed by atoms with Gasteiger partial charge in [-0.3, -0.25) is 48.7 Å². The Kier molecular flexibility index (Phi) is 44.4. The summed E-state index contributed by atoms with van der Waals surface area (Å²) in [7, 11) is -1.80. The van der Waals surface area contributed by atoms with E-state index >= 15 is 0 Å². The maximum Gasteiger partial charge on any atom is 2.00 e. The molecule has 0 amide bonds. The predicted molar refractivity (Wildman–Crippen MR) is 545 cm³/mol. The van der Waals surface area contributed by atoms with Crippen molar-refractivity contribution in [1.82, 2.24) is 31.1 Å². The van der Waals surface area contributed by atoms with Crippen LogP contribution in [0.4, 0.5) is 0 Å². The summed E-state index contributed by atoms with van der Waals surface area (Å²) in [5.74, 6) is -5.15. The number of hydrogen-bond acceptors (Lipinski definition) is 26. The Morgan fingerprint density at radius 3 is 1.21 bits per heavy atom. The molecule has 12 heterocycles. The zero-order chi connectivity index (χ0) is 124. The molecule has 6 spiro atoms. The van der Waals surface area contributed by atoms with Crippen LogP contribution in [0.5, 0.6) is 0 Å². The summed E-state index contributed by atoms with van der Waals surface area (Å²) >= 11 is 4.92. The van der Waals surface area contributed by atoms with Gasteiger partial charge in [0.25, 0.3) is 11.7 Å². The van der Waals surface area contributed by atoms with Crippen LogP contribution in [-0.4, -0.2) is 198 Å². The number of pyridine rings is 5. The second-order valence-electron chi connectivity index (χ2n) is 35.1. The first-order valence-corrected chi connectivity index (χ1v) is 46.8. The molecular weight excluding hydrogens is 1970 g/mol.